The van der Waals surface area contributed by atoms with Gasteiger partial charge in [-0.3, -0.25) is 9.59 Å². The second-order valence-electron chi connectivity index (χ2n) is 9.40. The van der Waals surface area contributed by atoms with Gasteiger partial charge in [-0.05, 0) is 44.7 Å². The van der Waals surface area contributed by atoms with Gasteiger partial charge in [0, 0.05) is 24.3 Å². The molecule has 0 bridgehead atoms. The van der Waals surface area contributed by atoms with Crippen LogP contribution in [-0.4, -0.2) is 82.0 Å². The molecule has 37 heavy (non-hydrogen) atoms. The van der Waals surface area contributed by atoms with Crippen molar-refractivity contribution in [3.05, 3.63) is 28.5 Å². The van der Waals surface area contributed by atoms with E-state index in [2.05, 4.69) is 20.6 Å². The number of carbonyl (C=O) groups is 2. The number of ether oxygens (including phenoxy) is 1. The average molecular weight is 542 g/mol. The Bertz CT molecular complexity index is 1160. The van der Waals surface area contributed by atoms with Crippen molar-refractivity contribution in [1.82, 2.24) is 20.2 Å². The molecule has 0 aromatic carbocycles. The van der Waals surface area contributed by atoms with Crippen molar-refractivity contribution >= 4 is 29.0 Å². The van der Waals surface area contributed by atoms with E-state index < -0.39 is 30.3 Å². The van der Waals surface area contributed by atoms with Gasteiger partial charge in [0.05, 0.1) is 30.2 Å². The summed E-state index contributed by atoms with van der Waals surface area (Å²) in [6.45, 7) is 5.93. The molecule has 2 aromatic rings. The van der Waals surface area contributed by atoms with Gasteiger partial charge in [-0.15, -0.1) is 11.3 Å². The fourth-order valence-corrected chi connectivity index (χ4v) is 5.53. The summed E-state index contributed by atoms with van der Waals surface area (Å²) in [6, 6.07) is -0.828. The van der Waals surface area contributed by atoms with E-state index in [0.29, 0.717) is 22.5 Å². The first-order chi connectivity index (χ1) is 17.5. The van der Waals surface area contributed by atoms with Crippen LogP contribution in [0.4, 0.5) is 19.0 Å². The maximum atomic E-state index is 13.5. The minimum Gasteiger partial charge on any atom is -0.388 e. The van der Waals surface area contributed by atoms with Gasteiger partial charge in [-0.2, -0.15) is 13.2 Å². The van der Waals surface area contributed by atoms with Crippen LogP contribution in [0.25, 0.3) is 10.4 Å². The lowest BCUT2D eigenvalue weighted by molar-refractivity contribution is -0.142. The number of nitrogens with one attached hydrogen (secondary N) is 2. The molecular formula is C24H30F3N5O4S. The zero-order chi connectivity index (χ0) is 26.9. The summed E-state index contributed by atoms with van der Waals surface area (Å²) in [7, 11) is 0. The molecule has 9 nitrogen and oxygen atoms in total. The van der Waals surface area contributed by atoms with Crippen molar-refractivity contribution in [1.29, 1.82) is 0 Å². The predicted octanol–water partition coefficient (Wildman–Crippen LogP) is 3.38. The molecule has 2 saturated heterocycles. The van der Waals surface area contributed by atoms with Gasteiger partial charge >= 0.3 is 6.18 Å². The molecule has 0 saturated carbocycles. The van der Waals surface area contributed by atoms with Gasteiger partial charge in [0.25, 0.3) is 11.8 Å². The molecule has 0 spiro atoms. The topological polar surface area (TPSA) is 117 Å². The third kappa shape index (κ3) is 5.88. The lowest BCUT2D eigenvalue weighted by Gasteiger charge is -2.22. The summed E-state index contributed by atoms with van der Waals surface area (Å²) >= 11 is 1.00. The Kier molecular flexibility index (Phi) is 8.05. The molecule has 4 rings (SSSR count). The normalized spacial score (nSPS) is 22.8. The van der Waals surface area contributed by atoms with Crippen LogP contribution in [0.3, 0.4) is 0 Å². The number of nitrogens with zero attached hydrogens (tertiary/aromatic N) is 3. The smallest absolute Gasteiger partial charge is 0.388 e. The van der Waals surface area contributed by atoms with Gasteiger partial charge < -0.3 is 25.4 Å². The third-order valence-corrected chi connectivity index (χ3v) is 7.77. The Morgan fingerprint density at radius 3 is 2.68 bits per heavy atom. The summed E-state index contributed by atoms with van der Waals surface area (Å²) in [5.74, 6) is -0.803. The molecular weight excluding hydrogens is 511 g/mol. The lowest BCUT2D eigenvalue weighted by atomic mass is 10.1. The van der Waals surface area contributed by atoms with Crippen molar-refractivity contribution in [2.24, 2.45) is 0 Å². The van der Waals surface area contributed by atoms with Crippen LogP contribution in [-0.2, 0) is 4.74 Å². The van der Waals surface area contributed by atoms with Gasteiger partial charge in [0.2, 0.25) is 0 Å². The maximum Gasteiger partial charge on any atom is 0.408 e. The van der Waals surface area contributed by atoms with Crippen LogP contribution in [0, 0.1) is 6.92 Å². The van der Waals surface area contributed by atoms with Crippen LogP contribution in [0.5, 0.6) is 0 Å². The highest BCUT2D eigenvalue weighted by atomic mass is 32.1. The van der Waals surface area contributed by atoms with E-state index in [9.17, 15) is 27.9 Å². The molecule has 202 valence electrons. The summed E-state index contributed by atoms with van der Waals surface area (Å²) in [4.78, 5) is 37.1. The molecule has 0 unspecified atom stereocenters. The highest BCUT2D eigenvalue weighted by Gasteiger charge is 2.39. The SMILES string of the molecule is CC[C@H](Nc1cc(C)c(-c2sc(C(=O)N[C@H]3COC[C@@H]3O)nc2C(=O)N2CCC[C@@H]2C)cn1)C(F)(F)F. The fourth-order valence-electron chi connectivity index (χ4n) is 4.49. The minimum absolute atomic E-state index is 0.0178. The van der Waals surface area contributed by atoms with Crippen LogP contribution in [0.1, 0.15) is 59.0 Å². The molecule has 0 radical (unpaired) electrons. The second kappa shape index (κ2) is 10.9. The largest absolute Gasteiger partial charge is 0.408 e. The Labute approximate surface area is 216 Å². The highest BCUT2D eigenvalue weighted by molar-refractivity contribution is 7.17. The predicted molar refractivity (Wildman–Crippen MR) is 132 cm³/mol. The fraction of sp³-hybridized carbons (Fsp3) is 0.583. The van der Waals surface area contributed by atoms with Crippen molar-refractivity contribution in [2.45, 2.75) is 70.4 Å². The first-order valence-corrected chi connectivity index (χ1v) is 13.0. The number of amides is 2. The van der Waals surface area contributed by atoms with Crippen LogP contribution in [0.2, 0.25) is 0 Å². The van der Waals surface area contributed by atoms with Crippen molar-refractivity contribution in [3.63, 3.8) is 0 Å². The molecule has 4 heterocycles. The standard InChI is InChI=1S/C24H30F3N5O4S/c1-4-17(24(25,26)27)30-18-8-12(2)14(9-28-18)20-19(23(35)32-7-5-6-13(32)3)31-22(37-20)21(34)29-15-10-36-11-16(15)33/h8-9,13,15-17,33H,4-7,10-11H2,1-3H3,(H,28,30)(H,29,34)/t13-,15-,16-,17-/m0/s1. The molecule has 2 aromatic heterocycles. The van der Waals surface area contributed by atoms with E-state index in [0.717, 1.165) is 24.2 Å². The molecule has 2 aliphatic rings. The molecule has 13 heteroatoms. The number of alkyl halides is 3. The van der Waals surface area contributed by atoms with Crippen LogP contribution in [0.15, 0.2) is 12.3 Å². The zero-order valence-electron chi connectivity index (χ0n) is 20.8. The Hall–Kier alpha value is -2.77. The number of thiazole rings is 1. The molecule has 4 atom stereocenters. The van der Waals surface area contributed by atoms with E-state index in [-0.39, 0.29) is 48.1 Å². The van der Waals surface area contributed by atoms with Crippen molar-refractivity contribution in [2.75, 3.05) is 25.1 Å². The zero-order valence-corrected chi connectivity index (χ0v) is 21.6. The Morgan fingerprint density at radius 1 is 1.35 bits per heavy atom. The summed E-state index contributed by atoms with van der Waals surface area (Å²) in [6.07, 6.45) is -2.31. The number of anilines is 1. The first-order valence-electron chi connectivity index (χ1n) is 12.2. The van der Waals surface area contributed by atoms with Gasteiger partial charge in [0.1, 0.15) is 17.6 Å². The number of likely N-dealkylation sites (tertiary alicyclic amines) is 1. The monoisotopic (exact) mass is 541 g/mol. The van der Waals surface area contributed by atoms with Gasteiger partial charge in [-0.25, -0.2) is 9.97 Å². The number of pyridine rings is 1. The summed E-state index contributed by atoms with van der Waals surface area (Å²) in [5, 5.41) is 15.1. The average Bonchev–Trinajstić information content (AvgIpc) is 3.57. The van der Waals surface area contributed by atoms with E-state index in [1.807, 2.05) is 6.92 Å². The van der Waals surface area contributed by atoms with Crippen molar-refractivity contribution < 1.29 is 32.6 Å². The Morgan fingerprint density at radius 2 is 2.11 bits per heavy atom. The number of carbonyl (C=O) groups excluding carboxylic acids is 2. The molecule has 3 N–H and O–H groups in total. The number of aliphatic hydroxyl groups excluding tert-OH is 1. The van der Waals surface area contributed by atoms with E-state index >= 15 is 0 Å². The summed E-state index contributed by atoms with van der Waals surface area (Å²) < 4.78 is 44.8. The molecule has 2 fully saturated rings. The Balaban J connectivity index is 1.67. The van der Waals surface area contributed by atoms with E-state index in [1.165, 1.54) is 19.2 Å². The molecule has 0 aliphatic carbocycles. The van der Waals surface area contributed by atoms with Gasteiger partial charge in [-0.1, -0.05) is 6.92 Å². The number of hydrogen-bond donors (Lipinski definition) is 3. The first kappa shape index (κ1) is 27.3. The highest BCUT2D eigenvalue weighted by Crippen LogP contribution is 2.35. The minimum atomic E-state index is -4.42. The second-order valence-corrected chi connectivity index (χ2v) is 10.4. The number of aromatic nitrogens is 2. The number of halogens is 3. The van der Waals surface area contributed by atoms with E-state index in [4.69, 9.17) is 4.74 Å². The van der Waals surface area contributed by atoms with Crippen LogP contribution < -0.4 is 10.6 Å². The maximum absolute atomic E-state index is 13.5. The van der Waals surface area contributed by atoms with Gasteiger partial charge in [0.15, 0.2) is 5.01 Å². The quantitative estimate of drug-likeness (QED) is 0.492. The molecule has 2 amide bonds. The molecule has 2 aliphatic heterocycles. The van der Waals surface area contributed by atoms with E-state index in [1.54, 1.807) is 11.8 Å². The number of aryl methyl sites for hydroxylation is 1. The summed E-state index contributed by atoms with van der Waals surface area (Å²) in [5.41, 5.74) is 1.18. The lowest BCUT2D eigenvalue weighted by Crippen LogP contribution is -2.42. The van der Waals surface area contributed by atoms with Crippen LogP contribution >= 0.6 is 11.3 Å². The number of aliphatic hydroxyl groups is 1. The number of hydrogen-bond acceptors (Lipinski definition) is 8. The third-order valence-electron chi connectivity index (χ3n) is 6.69. The van der Waals surface area contributed by atoms with Crippen molar-refractivity contribution in [3.8, 4) is 10.4 Å². The number of rotatable bonds is 7.